The Morgan fingerprint density at radius 2 is 2.06 bits per heavy atom. The molecular weight excluding hydrogens is 229 g/mol. The molecular formula is C12H15F3N2. The van der Waals surface area contributed by atoms with Crippen LogP contribution in [0.4, 0.5) is 13.2 Å². The molecule has 0 radical (unpaired) electrons. The molecule has 1 unspecified atom stereocenters. The van der Waals surface area contributed by atoms with E-state index in [2.05, 4.69) is 5.43 Å². The summed E-state index contributed by atoms with van der Waals surface area (Å²) in [4.78, 5) is 0. The number of benzene rings is 1. The molecule has 0 saturated heterocycles. The molecule has 0 heterocycles. The summed E-state index contributed by atoms with van der Waals surface area (Å²) in [5.74, 6) is 6.01. The van der Waals surface area contributed by atoms with Crippen molar-refractivity contribution in [2.75, 3.05) is 0 Å². The van der Waals surface area contributed by atoms with Crippen LogP contribution in [0.25, 0.3) is 0 Å². The average molecular weight is 244 g/mol. The van der Waals surface area contributed by atoms with Gasteiger partial charge in [0, 0.05) is 6.04 Å². The zero-order valence-corrected chi connectivity index (χ0v) is 9.30. The maximum absolute atomic E-state index is 12.6. The third-order valence-corrected chi connectivity index (χ3v) is 3.08. The Labute approximate surface area is 98.0 Å². The standard InChI is InChI=1S/C12H15F3N2/c13-12(14,15)10-3-1-2-9(7-10)11(17-16)6-8-4-5-8/h1-3,7-8,11,17H,4-6,16H2. The highest BCUT2D eigenvalue weighted by Crippen LogP contribution is 2.38. The van der Waals surface area contributed by atoms with Gasteiger partial charge in [0.2, 0.25) is 0 Å². The SMILES string of the molecule is NNC(CC1CC1)c1cccc(C(F)(F)F)c1. The summed E-state index contributed by atoms with van der Waals surface area (Å²) in [6.07, 6.45) is -1.19. The first-order valence-electron chi connectivity index (χ1n) is 5.64. The maximum Gasteiger partial charge on any atom is 0.416 e. The first kappa shape index (κ1) is 12.4. The van der Waals surface area contributed by atoms with Crippen LogP contribution in [-0.2, 0) is 6.18 Å². The van der Waals surface area contributed by atoms with E-state index in [1.807, 2.05) is 0 Å². The van der Waals surface area contributed by atoms with E-state index in [-0.39, 0.29) is 6.04 Å². The van der Waals surface area contributed by atoms with Gasteiger partial charge in [0.25, 0.3) is 0 Å². The van der Waals surface area contributed by atoms with E-state index < -0.39 is 11.7 Å². The molecule has 0 aromatic heterocycles. The third kappa shape index (κ3) is 3.20. The van der Waals surface area contributed by atoms with E-state index in [0.29, 0.717) is 11.5 Å². The number of hydrazine groups is 1. The fourth-order valence-corrected chi connectivity index (χ4v) is 1.92. The van der Waals surface area contributed by atoms with Crippen molar-refractivity contribution in [2.24, 2.45) is 11.8 Å². The Morgan fingerprint density at radius 3 is 2.59 bits per heavy atom. The molecule has 17 heavy (non-hydrogen) atoms. The van der Waals surface area contributed by atoms with Gasteiger partial charge in [0.15, 0.2) is 0 Å². The molecule has 1 saturated carbocycles. The predicted molar refractivity (Wildman–Crippen MR) is 58.8 cm³/mol. The van der Waals surface area contributed by atoms with Gasteiger partial charge in [-0.05, 0) is 30.0 Å². The number of alkyl halides is 3. The molecule has 94 valence electrons. The molecule has 2 nitrogen and oxygen atoms in total. The van der Waals surface area contributed by atoms with E-state index >= 15 is 0 Å². The van der Waals surface area contributed by atoms with Crippen LogP contribution in [0.1, 0.15) is 36.4 Å². The number of rotatable bonds is 4. The van der Waals surface area contributed by atoms with Gasteiger partial charge in [-0.15, -0.1) is 0 Å². The summed E-state index contributed by atoms with van der Waals surface area (Å²) in [7, 11) is 0. The topological polar surface area (TPSA) is 38.0 Å². The first-order chi connectivity index (χ1) is 8.00. The number of hydrogen-bond acceptors (Lipinski definition) is 2. The van der Waals surface area contributed by atoms with E-state index in [0.717, 1.165) is 25.3 Å². The van der Waals surface area contributed by atoms with Crippen molar-refractivity contribution in [3.63, 3.8) is 0 Å². The van der Waals surface area contributed by atoms with Crippen molar-refractivity contribution >= 4 is 0 Å². The van der Waals surface area contributed by atoms with Crippen molar-refractivity contribution in [3.8, 4) is 0 Å². The molecule has 0 aliphatic heterocycles. The Hall–Kier alpha value is -1.07. The van der Waals surface area contributed by atoms with E-state index in [1.165, 1.54) is 12.1 Å². The van der Waals surface area contributed by atoms with Gasteiger partial charge < -0.3 is 0 Å². The summed E-state index contributed by atoms with van der Waals surface area (Å²) >= 11 is 0. The van der Waals surface area contributed by atoms with Crippen LogP contribution in [-0.4, -0.2) is 0 Å². The van der Waals surface area contributed by atoms with Gasteiger partial charge in [0.1, 0.15) is 0 Å². The maximum atomic E-state index is 12.6. The molecule has 1 aromatic rings. The summed E-state index contributed by atoms with van der Waals surface area (Å²) < 4.78 is 37.7. The minimum Gasteiger partial charge on any atom is -0.271 e. The molecule has 3 N–H and O–H groups in total. The summed E-state index contributed by atoms with van der Waals surface area (Å²) in [6.45, 7) is 0. The lowest BCUT2D eigenvalue weighted by atomic mass is 9.99. The van der Waals surface area contributed by atoms with E-state index in [9.17, 15) is 13.2 Å². The Balaban J connectivity index is 2.18. The lowest BCUT2D eigenvalue weighted by molar-refractivity contribution is -0.137. The van der Waals surface area contributed by atoms with Gasteiger partial charge in [-0.1, -0.05) is 25.0 Å². The highest BCUT2D eigenvalue weighted by atomic mass is 19.4. The molecule has 1 aliphatic carbocycles. The largest absolute Gasteiger partial charge is 0.416 e. The zero-order chi connectivity index (χ0) is 12.5. The highest BCUT2D eigenvalue weighted by molar-refractivity contribution is 5.28. The molecule has 5 heteroatoms. The predicted octanol–water partition coefficient (Wildman–Crippen LogP) is 3.01. The van der Waals surface area contributed by atoms with Crippen LogP contribution in [0, 0.1) is 5.92 Å². The molecule has 2 rings (SSSR count). The summed E-state index contributed by atoms with van der Waals surface area (Å²) in [5, 5.41) is 0. The van der Waals surface area contributed by atoms with Crippen LogP contribution >= 0.6 is 0 Å². The molecule has 1 aromatic carbocycles. The minimum atomic E-state index is -4.30. The van der Waals surface area contributed by atoms with Gasteiger partial charge in [-0.3, -0.25) is 11.3 Å². The number of nitrogens with two attached hydrogens (primary N) is 1. The van der Waals surface area contributed by atoms with Gasteiger partial charge >= 0.3 is 6.18 Å². The Kier molecular flexibility index (Phi) is 3.40. The van der Waals surface area contributed by atoms with Crippen LogP contribution in [0.2, 0.25) is 0 Å². The molecule has 0 spiro atoms. The zero-order valence-electron chi connectivity index (χ0n) is 9.30. The molecule has 1 aliphatic rings. The van der Waals surface area contributed by atoms with Crippen LogP contribution in [0.5, 0.6) is 0 Å². The molecule has 1 atom stereocenters. The molecule has 0 amide bonds. The quantitative estimate of drug-likeness (QED) is 0.631. The van der Waals surface area contributed by atoms with Gasteiger partial charge in [-0.2, -0.15) is 13.2 Å². The smallest absolute Gasteiger partial charge is 0.271 e. The second-order valence-electron chi connectivity index (χ2n) is 4.52. The highest BCUT2D eigenvalue weighted by Gasteiger charge is 2.31. The fourth-order valence-electron chi connectivity index (χ4n) is 1.92. The van der Waals surface area contributed by atoms with Crippen LogP contribution in [0.15, 0.2) is 24.3 Å². The normalized spacial score (nSPS) is 18.1. The Morgan fingerprint density at radius 1 is 1.35 bits per heavy atom. The minimum absolute atomic E-state index is 0.190. The summed E-state index contributed by atoms with van der Waals surface area (Å²) in [5.41, 5.74) is 2.59. The fraction of sp³-hybridized carbons (Fsp3) is 0.500. The van der Waals surface area contributed by atoms with Gasteiger partial charge in [-0.25, -0.2) is 0 Å². The second kappa shape index (κ2) is 4.66. The van der Waals surface area contributed by atoms with Crippen molar-refractivity contribution in [2.45, 2.75) is 31.5 Å². The third-order valence-electron chi connectivity index (χ3n) is 3.08. The van der Waals surface area contributed by atoms with Crippen molar-refractivity contribution in [1.29, 1.82) is 0 Å². The van der Waals surface area contributed by atoms with Crippen LogP contribution < -0.4 is 11.3 Å². The Bertz CT molecular complexity index is 386. The lowest BCUT2D eigenvalue weighted by Crippen LogP contribution is -2.28. The molecule has 0 bridgehead atoms. The van der Waals surface area contributed by atoms with E-state index in [1.54, 1.807) is 6.07 Å². The lowest BCUT2D eigenvalue weighted by Gasteiger charge is -2.17. The van der Waals surface area contributed by atoms with Crippen LogP contribution in [0.3, 0.4) is 0 Å². The molecule has 1 fully saturated rings. The second-order valence-corrected chi connectivity index (χ2v) is 4.52. The van der Waals surface area contributed by atoms with Crippen molar-refractivity contribution in [1.82, 2.24) is 5.43 Å². The average Bonchev–Trinajstić information content (AvgIpc) is 3.09. The number of hydrogen-bond donors (Lipinski definition) is 2. The van der Waals surface area contributed by atoms with Gasteiger partial charge in [0.05, 0.1) is 5.56 Å². The number of halogens is 3. The van der Waals surface area contributed by atoms with E-state index in [4.69, 9.17) is 5.84 Å². The first-order valence-corrected chi connectivity index (χ1v) is 5.64. The van der Waals surface area contributed by atoms with Crippen molar-refractivity contribution in [3.05, 3.63) is 35.4 Å². The monoisotopic (exact) mass is 244 g/mol. The number of nitrogens with one attached hydrogen (secondary N) is 1. The summed E-state index contributed by atoms with van der Waals surface area (Å²) in [6, 6.07) is 5.17. The van der Waals surface area contributed by atoms with Crippen molar-refractivity contribution < 1.29 is 13.2 Å².